The highest BCUT2D eigenvalue weighted by atomic mass is 16.2. The molecule has 150 valence electrons. The van der Waals surface area contributed by atoms with Crippen LogP contribution in [0.15, 0.2) is 30.6 Å². The first-order valence-electron chi connectivity index (χ1n) is 10.3. The maximum Gasteiger partial charge on any atom is 0.270 e. The maximum absolute atomic E-state index is 13.0. The molecular formula is C22H25N5O2. The molecule has 29 heavy (non-hydrogen) atoms. The van der Waals surface area contributed by atoms with E-state index in [9.17, 15) is 9.59 Å². The molecule has 1 spiro atoms. The molecule has 1 aliphatic heterocycles. The highest BCUT2D eigenvalue weighted by Crippen LogP contribution is 2.44. The monoisotopic (exact) mass is 391 g/mol. The first-order valence-corrected chi connectivity index (χ1v) is 10.3. The Morgan fingerprint density at radius 3 is 2.76 bits per heavy atom. The fourth-order valence-electron chi connectivity index (χ4n) is 4.90. The minimum Gasteiger partial charge on any atom is -0.349 e. The summed E-state index contributed by atoms with van der Waals surface area (Å²) in [6, 6.07) is 5.78. The lowest BCUT2D eigenvalue weighted by Crippen LogP contribution is -2.46. The standard InChI is InChI=1S/C22H25N5O2/c1-14(2)27-20-15(13-24-27)11-22(12-19(20)28)5-8-26(9-6-22)21(29)18-10-17-16(25-18)4-3-7-23-17/h3-4,7,10,13-14,25H,5-6,8-9,11-12H2,1-2H3. The van der Waals surface area contributed by atoms with Gasteiger partial charge in [-0.05, 0) is 56.7 Å². The van der Waals surface area contributed by atoms with Gasteiger partial charge >= 0.3 is 0 Å². The van der Waals surface area contributed by atoms with Gasteiger partial charge in [0.05, 0.1) is 17.2 Å². The lowest BCUT2D eigenvalue weighted by Gasteiger charge is -2.43. The third kappa shape index (κ3) is 2.96. The fourth-order valence-corrected chi connectivity index (χ4v) is 4.90. The van der Waals surface area contributed by atoms with Crippen LogP contribution in [0.2, 0.25) is 0 Å². The Hall–Kier alpha value is -2.96. The summed E-state index contributed by atoms with van der Waals surface area (Å²) in [6.07, 6.45) is 6.70. The van der Waals surface area contributed by atoms with Gasteiger partial charge in [0.2, 0.25) is 0 Å². The number of fused-ring (bicyclic) bond motifs is 2. The van der Waals surface area contributed by atoms with Gasteiger partial charge in [-0.25, -0.2) is 0 Å². The molecule has 3 aromatic rings. The number of aromatic nitrogens is 4. The topological polar surface area (TPSA) is 83.9 Å². The van der Waals surface area contributed by atoms with Gasteiger partial charge in [-0.3, -0.25) is 19.3 Å². The van der Waals surface area contributed by atoms with Gasteiger partial charge in [0, 0.05) is 37.3 Å². The predicted molar refractivity (Wildman–Crippen MR) is 109 cm³/mol. The number of carbonyl (C=O) groups is 2. The Morgan fingerprint density at radius 2 is 2.03 bits per heavy atom. The molecule has 4 heterocycles. The van der Waals surface area contributed by atoms with Crippen LogP contribution in [0.1, 0.15) is 65.7 Å². The summed E-state index contributed by atoms with van der Waals surface area (Å²) in [5, 5.41) is 4.45. The Balaban J connectivity index is 1.32. The number of H-pyrrole nitrogens is 1. The van der Waals surface area contributed by atoms with E-state index in [1.165, 1.54) is 0 Å². The number of hydrogen-bond acceptors (Lipinski definition) is 4. The summed E-state index contributed by atoms with van der Waals surface area (Å²) in [5.41, 5.74) is 4.06. The van der Waals surface area contributed by atoms with Crippen LogP contribution in [-0.4, -0.2) is 49.4 Å². The highest BCUT2D eigenvalue weighted by Gasteiger charge is 2.43. The average molecular weight is 391 g/mol. The molecule has 3 aromatic heterocycles. The number of Topliss-reactive ketones (excluding diaryl/α,β-unsaturated/α-hetero) is 1. The molecule has 0 radical (unpaired) electrons. The summed E-state index contributed by atoms with van der Waals surface area (Å²) >= 11 is 0. The Bertz CT molecular complexity index is 1070. The van der Waals surface area contributed by atoms with Crippen molar-refractivity contribution in [2.45, 2.75) is 45.6 Å². The molecule has 1 aliphatic carbocycles. The molecule has 0 saturated carbocycles. The number of piperidine rings is 1. The zero-order chi connectivity index (χ0) is 20.2. The van der Waals surface area contributed by atoms with E-state index >= 15 is 0 Å². The molecule has 7 nitrogen and oxygen atoms in total. The SMILES string of the molecule is CC(C)n1ncc2c1C(=O)CC1(CCN(C(=O)c3cc4ncccc4[nH]3)CC1)C2. The molecule has 1 fully saturated rings. The fraction of sp³-hybridized carbons (Fsp3) is 0.455. The van der Waals surface area contributed by atoms with Crippen LogP contribution in [0.3, 0.4) is 0 Å². The molecule has 5 rings (SSSR count). The zero-order valence-corrected chi connectivity index (χ0v) is 16.8. The molecular weight excluding hydrogens is 366 g/mol. The number of ketones is 1. The largest absolute Gasteiger partial charge is 0.349 e. The van der Waals surface area contributed by atoms with Gasteiger partial charge < -0.3 is 9.88 Å². The lowest BCUT2D eigenvalue weighted by molar-refractivity contribution is 0.0513. The number of rotatable bonds is 2. The van der Waals surface area contributed by atoms with E-state index in [0.29, 0.717) is 25.2 Å². The Labute approximate surface area is 169 Å². The van der Waals surface area contributed by atoms with Gasteiger partial charge in [0.1, 0.15) is 11.4 Å². The van der Waals surface area contributed by atoms with Crippen LogP contribution in [0, 0.1) is 5.41 Å². The summed E-state index contributed by atoms with van der Waals surface area (Å²) in [6.45, 7) is 5.44. The Morgan fingerprint density at radius 1 is 1.24 bits per heavy atom. The molecule has 1 saturated heterocycles. The summed E-state index contributed by atoms with van der Waals surface area (Å²) in [5.74, 6) is 0.201. The quantitative estimate of drug-likeness (QED) is 0.726. The van der Waals surface area contributed by atoms with E-state index in [0.717, 1.165) is 41.6 Å². The molecule has 0 bridgehead atoms. The summed E-state index contributed by atoms with van der Waals surface area (Å²) in [7, 11) is 0. The third-order valence-corrected chi connectivity index (χ3v) is 6.46. The third-order valence-electron chi connectivity index (χ3n) is 6.46. The van der Waals surface area contributed by atoms with Crippen LogP contribution in [0.4, 0.5) is 0 Å². The lowest BCUT2D eigenvalue weighted by atomic mass is 9.67. The van der Waals surface area contributed by atoms with E-state index in [1.807, 2.05) is 34.0 Å². The molecule has 7 heteroatoms. The van der Waals surface area contributed by atoms with Gasteiger partial charge in [-0.1, -0.05) is 0 Å². The van der Waals surface area contributed by atoms with E-state index in [4.69, 9.17) is 0 Å². The van der Waals surface area contributed by atoms with Crippen molar-refractivity contribution in [2.75, 3.05) is 13.1 Å². The molecule has 1 amide bonds. The van der Waals surface area contributed by atoms with Crippen molar-refractivity contribution in [3.05, 3.63) is 47.5 Å². The number of amides is 1. The maximum atomic E-state index is 13.0. The summed E-state index contributed by atoms with van der Waals surface area (Å²) in [4.78, 5) is 35.3. The van der Waals surface area contributed by atoms with Crippen LogP contribution in [-0.2, 0) is 6.42 Å². The first kappa shape index (κ1) is 18.1. The van der Waals surface area contributed by atoms with Crippen molar-refractivity contribution in [3.63, 3.8) is 0 Å². The van der Waals surface area contributed by atoms with Crippen molar-refractivity contribution >= 4 is 22.7 Å². The number of pyridine rings is 1. The van der Waals surface area contributed by atoms with E-state index in [1.54, 1.807) is 6.20 Å². The first-order chi connectivity index (χ1) is 14.0. The minimum absolute atomic E-state index is 0.00769. The summed E-state index contributed by atoms with van der Waals surface area (Å²) < 4.78 is 1.85. The van der Waals surface area contributed by atoms with E-state index < -0.39 is 0 Å². The number of hydrogen-bond donors (Lipinski definition) is 1. The number of likely N-dealkylation sites (tertiary alicyclic amines) is 1. The molecule has 0 atom stereocenters. The zero-order valence-electron chi connectivity index (χ0n) is 16.8. The predicted octanol–water partition coefficient (Wildman–Crippen LogP) is 3.39. The van der Waals surface area contributed by atoms with Crippen molar-refractivity contribution in [2.24, 2.45) is 5.41 Å². The smallest absolute Gasteiger partial charge is 0.270 e. The van der Waals surface area contributed by atoms with Crippen molar-refractivity contribution in [1.29, 1.82) is 0 Å². The van der Waals surface area contributed by atoms with E-state index in [2.05, 4.69) is 28.9 Å². The van der Waals surface area contributed by atoms with Crippen molar-refractivity contribution in [1.82, 2.24) is 24.6 Å². The van der Waals surface area contributed by atoms with Crippen molar-refractivity contribution in [3.8, 4) is 0 Å². The van der Waals surface area contributed by atoms with Crippen LogP contribution >= 0.6 is 0 Å². The molecule has 0 unspecified atom stereocenters. The van der Waals surface area contributed by atoms with Gasteiger partial charge in [0.25, 0.3) is 5.91 Å². The molecule has 2 aliphatic rings. The normalized spacial score (nSPS) is 18.6. The average Bonchev–Trinajstić information content (AvgIpc) is 3.32. The second-order valence-corrected chi connectivity index (χ2v) is 8.74. The Kier molecular flexibility index (Phi) is 4.08. The minimum atomic E-state index is -0.0479. The van der Waals surface area contributed by atoms with Gasteiger partial charge in [-0.2, -0.15) is 5.10 Å². The van der Waals surface area contributed by atoms with Crippen molar-refractivity contribution < 1.29 is 9.59 Å². The number of aromatic amines is 1. The molecule has 0 aromatic carbocycles. The van der Waals surface area contributed by atoms with E-state index in [-0.39, 0.29) is 23.1 Å². The second kappa shape index (κ2) is 6.54. The number of nitrogens with one attached hydrogen (secondary N) is 1. The second-order valence-electron chi connectivity index (χ2n) is 8.74. The van der Waals surface area contributed by atoms with Gasteiger partial charge in [-0.15, -0.1) is 0 Å². The van der Waals surface area contributed by atoms with Crippen LogP contribution in [0.5, 0.6) is 0 Å². The highest BCUT2D eigenvalue weighted by molar-refractivity contribution is 5.98. The van der Waals surface area contributed by atoms with Gasteiger partial charge in [0.15, 0.2) is 5.78 Å². The number of nitrogens with zero attached hydrogens (tertiary/aromatic N) is 4. The van der Waals surface area contributed by atoms with Crippen LogP contribution < -0.4 is 0 Å². The molecule has 1 N–H and O–H groups in total. The number of carbonyl (C=O) groups excluding carboxylic acids is 2. The van der Waals surface area contributed by atoms with Crippen LogP contribution in [0.25, 0.3) is 11.0 Å².